The van der Waals surface area contributed by atoms with Crippen LogP contribution < -0.4 is 5.73 Å². The first kappa shape index (κ1) is 13.4. The van der Waals surface area contributed by atoms with Crippen LogP contribution >= 0.6 is 0 Å². The molecular formula is C14H19NO2. The quantitative estimate of drug-likeness (QED) is 0.447. The molecule has 0 unspecified atom stereocenters. The third-order valence-electron chi connectivity index (χ3n) is 2.76. The molecule has 0 radical (unpaired) electrons. The van der Waals surface area contributed by atoms with Crippen molar-refractivity contribution in [2.24, 2.45) is 0 Å². The molecule has 0 aromatic heterocycles. The minimum atomic E-state index is 0.0621. The second-order valence-corrected chi connectivity index (χ2v) is 4.11. The van der Waals surface area contributed by atoms with Gasteiger partial charge in [0.1, 0.15) is 5.78 Å². The first-order valence-corrected chi connectivity index (χ1v) is 6.04. The average Bonchev–Trinajstić information content (AvgIpc) is 2.34. The van der Waals surface area contributed by atoms with E-state index < -0.39 is 0 Å². The minimum absolute atomic E-state index is 0.0621. The van der Waals surface area contributed by atoms with Gasteiger partial charge >= 0.3 is 0 Å². The molecule has 3 heteroatoms. The Morgan fingerprint density at radius 1 is 1.12 bits per heavy atom. The lowest BCUT2D eigenvalue weighted by molar-refractivity contribution is -0.118. The van der Waals surface area contributed by atoms with Crippen molar-refractivity contribution in [2.45, 2.75) is 39.0 Å². The Hall–Kier alpha value is -1.64. The first-order valence-electron chi connectivity index (χ1n) is 6.04. The molecule has 0 fully saturated rings. The highest BCUT2D eigenvalue weighted by atomic mass is 16.1. The van der Waals surface area contributed by atoms with Gasteiger partial charge in [-0.1, -0.05) is 19.1 Å². The van der Waals surface area contributed by atoms with E-state index in [1.54, 1.807) is 12.1 Å². The predicted molar refractivity (Wildman–Crippen MR) is 69.0 cm³/mol. The molecule has 0 aliphatic rings. The van der Waals surface area contributed by atoms with Crippen LogP contribution in [0, 0.1) is 0 Å². The van der Waals surface area contributed by atoms with Gasteiger partial charge in [0.2, 0.25) is 0 Å². The molecule has 1 rings (SSSR count). The van der Waals surface area contributed by atoms with E-state index in [4.69, 9.17) is 5.73 Å². The highest BCUT2D eigenvalue weighted by molar-refractivity contribution is 6.00. The molecule has 1 aromatic rings. The van der Waals surface area contributed by atoms with Crippen molar-refractivity contribution < 1.29 is 9.59 Å². The fourth-order valence-corrected chi connectivity index (χ4v) is 1.67. The number of carbonyl (C=O) groups is 2. The zero-order valence-corrected chi connectivity index (χ0v) is 10.2. The predicted octanol–water partition coefficient (Wildman–Crippen LogP) is 2.99. The summed E-state index contributed by atoms with van der Waals surface area (Å²) >= 11 is 0. The molecule has 3 nitrogen and oxygen atoms in total. The van der Waals surface area contributed by atoms with Crippen molar-refractivity contribution in [1.82, 2.24) is 0 Å². The topological polar surface area (TPSA) is 60.2 Å². The Balaban J connectivity index is 2.36. The van der Waals surface area contributed by atoms with Gasteiger partial charge in [-0.25, -0.2) is 0 Å². The van der Waals surface area contributed by atoms with Gasteiger partial charge in [-0.3, -0.25) is 9.59 Å². The van der Waals surface area contributed by atoms with Gasteiger partial charge in [-0.2, -0.15) is 0 Å². The van der Waals surface area contributed by atoms with Gasteiger partial charge in [0.25, 0.3) is 0 Å². The summed E-state index contributed by atoms with van der Waals surface area (Å²) in [4.78, 5) is 22.9. The van der Waals surface area contributed by atoms with Gasteiger partial charge in [-0.05, 0) is 25.0 Å². The van der Waals surface area contributed by atoms with Crippen molar-refractivity contribution in [3.63, 3.8) is 0 Å². The van der Waals surface area contributed by atoms with Gasteiger partial charge in [0.15, 0.2) is 5.78 Å². The number of para-hydroxylation sites is 1. The SMILES string of the molecule is CCC(=O)CCCCC(=O)c1ccccc1N. The molecule has 0 bridgehead atoms. The average molecular weight is 233 g/mol. The molecule has 1 aromatic carbocycles. The van der Waals surface area contributed by atoms with E-state index in [1.807, 2.05) is 19.1 Å². The normalized spacial score (nSPS) is 10.2. The fourth-order valence-electron chi connectivity index (χ4n) is 1.67. The summed E-state index contributed by atoms with van der Waals surface area (Å²) < 4.78 is 0. The minimum Gasteiger partial charge on any atom is -0.398 e. The van der Waals surface area contributed by atoms with E-state index >= 15 is 0 Å². The Labute approximate surface area is 102 Å². The van der Waals surface area contributed by atoms with Gasteiger partial charge in [0.05, 0.1) is 0 Å². The number of nitrogen functional groups attached to an aromatic ring is 1. The third-order valence-corrected chi connectivity index (χ3v) is 2.76. The Bertz CT molecular complexity index is 399. The van der Waals surface area contributed by atoms with Gasteiger partial charge in [0, 0.05) is 30.5 Å². The molecule has 2 N–H and O–H groups in total. The van der Waals surface area contributed by atoms with Crippen LogP contribution in [-0.2, 0) is 4.79 Å². The van der Waals surface area contributed by atoms with Crippen LogP contribution in [0.5, 0.6) is 0 Å². The van der Waals surface area contributed by atoms with Crippen molar-refractivity contribution in [2.75, 3.05) is 5.73 Å². The molecule has 0 aliphatic carbocycles. The lowest BCUT2D eigenvalue weighted by Crippen LogP contribution is -2.04. The Kier molecular flexibility index (Phi) is 5.40. The number of rotatable bonds is 7. The van der Waals surface area contributed by atoms with Crippen LogP contribution in [0.15, 0.2) is 24.3 Å². The second kappa shape index (κ2) is 6.84. The summed E-state index contributed by atoms with van der Waals surface area (Å²) in [7, 11) is 0. The first-order chi connectivity index (χ1) is 8.15. The highest BCUT2D eigenvalue weighted by Gasteiger charge is 2.08. The number of anilines is 1. The zero-order chi connectivity index (χ0) is 12.7. The second-order valence-electron chi connectivity index (χ2n) is 4.11. The van der Waals surface area contributed by atoms with Crippen LogP contribution in [0.25, 0.3) is 0 Å². The van der Waals surface area contributed by atoms with E-state index in [1.165, 1.54) is 0 Å². The fraction of sp³-hybridized carbons (Fsp3) is 0.429. The number of hydrogen-bond donors (Lipinski definition) is 1. The number of hydrogen-bond acceptors (Lipinski definition) is 3. The summed E-state index contributed by atoms with van der Waals surface area (Å²) in [6, 6.07) is 7.10. The maximum absolute atomic E-state index is 11.8. The Morgan fingerprint density at radius 2 is 1.76 bits per heavy atom. The van der Waals surface area contributed by atoms with Crippen molar-refractivity contribution in [1.29, 1.82) is 0 Å². The molecule has 0 saturated carbocycles. The van der Waals surface area contributed by atoms with Crippen molar-refractivity contribution in [3.05, 3.63) is 29.8 Å². The van der Waals surface area contributed by atoms with E-state index in [0.29, 0.717) is 30.5 Å². The molecule has 0 spiro atoms. The smallest absolute Gasteiger partial charge is 0.164 e. The molecule has 0 amide bonds. The summed E-state index contributed by atoms with van der Waals surface area (Å²) in [5.74, 6) is 0.323. The summed E-state index contributed by atoms with van der Waals surface area (Å²) in [6.07, 6.45) is 3.16. The molecule has 0 saturated heterocycles. The monoisotopic (exact) mass is 233 g/mol. The molecule has 0 aliphatic heterocycles. The maximum Gasteiger partial charge on any atom is 0.164 e. The van der Waals surface area contributed by atoms with Crippen molar-refractivity contribution >= 4 is 17.3 Å². The number of benzene rings is 1. The summed E-state index contributed by atoms with van der Waals surface area (Å²) in [6.45, 7) is 1.86. The molecule has 0 heterocycles. The van der Waals surface area contributed by atoms with E-state index in [2.05, 4.69) is 0 Å². The van der Waals surface area contributed by atoms with Crippen LogP contribution in [0.1, 0.15) is 49.4 Å². The lowest BCUT2D eigenvalue weighted by atomic mass is 10.0. The largest absolute Gasteiger partial charge is 0.398 e. The molecule has 92 valence electrons. The summed E-state index contributed by atoms with van der Waals surface area (Å²) in [5, 5.41) is 0. The highest BCUT2D eigenvalue weighted by Crippen LogP contribution is 2.15. The van der Waals surface area contributed by atoms with Gasteiger partial charge < -0.3 is 5.73 Å². The number of nitrogens with two attached hydrogens (primary N) is 1. The number of ketones is 2. The zero-order valence-electron chi connectivity index (χ0n) is 10.2. The van der Waals surface area contributed by atoms with Crippen LogP contribution in [-0.4, -0.2) is 11.6 Å². The van der Waals surface area contributed by atoms with E-state index in [9.17, 15) is 9.59 Å². The lowest BCUT2D eigenvalue weighted by Gasteiger charge is -2.04. The van der Waals surface area contributed by atoms with Crippen LogP contribution in [0.4, 0.5) is 5.69 Å². The summed E-state index contributed by atoms with van der Waals surface area (Å²) in [5.41, 5.74) is 6.84. The number of carbonyl (C=O) groups excluding carboxylic acids is 2. The Morgan fingerprint density at radius 3 is 2.41 bits per heavy atom. The van der Waals surface area contributed by atoms with Crippen LogP contribution in [0.3, 0.4) is 0 Å². The van der Waals surface area contributed by atoms with Crippen LogP contribution in [0.2, 0.25) is 0 Å². The standard InChI is InChI=1S/C14H19NO2/c1-2-11(16)7-3-6-10-14(17)12-8-4-5-9-13(12)15/h4-5,8-9H,2-3,6-7,10,15H2,1H3. The number of unbranched alkanes of at least 4 members (excludes halogenated alkanes) is 1. The third kappa shape index (κ3) is 4.39. The van der Waals surface area contributed by atoms with Crippen molar-refractivity contribution in [3.8, 4) is 0 Å². The number of Topliss-reactive ketones (excluding diaryl/α,β-unsaturated/α-hetero) is 2. The van der Waals surface area contributed by atoms with E-state index in [-0.39, 0.29) is 11.6 Å². The molecule has 17 heavy (non-hydrogen) atoms. The molecule has 0 atom stereocenters. The molecular weight excluding hydrogens is 214 g/mol. The van der Waals surface area contributed by atoms with Gasteiger partial charge in [-0.15, -0.1) is 0 Å². The van der Waals surface area contributed by atoms with E-state index in [0.717, 1.165) is 12.8 Å². The maximum atomic E-state index is 11.8.